The predicted octanol–water partition coefficient (Wildman–Crippen LogP) is 0.730. The van der Waals surface area contributed by atoms with Crippen LogP contribution >= 0.6 is 0 Å². The average molecular weight is 209 g/mol. The number of hydrogen-bond acceptors (Lipinski definition) is 3. The van der Waals surface area contributed by atoms with Crippen LogP contribution in [0.15, 0.2) is 12.4 Å². The maximum Gasteiger partial charge on any atom is 0.109 e. The Kier molecular flexibility index (Phi) is 3.38. The molecule has 0 unspecified atom stereocenters. The van der Waals surface area contributed by atoms with Crippen LogP contribution < -0.4 is 5.32 Å². The van der Waals surface area contributed by atoms with Gasteiger partial charge in [-0.05, 0) is 12.8 Å². The first-order valence-electron chi connectivity index (χ1n) is 5.52. The quantitative estimate of drug-likeness (QED) is 0.777. The third-order valence-corrected chi connectivity index (χ3v) is 3.13. The van der Waals surface area contributed by atoms with E-state index in [9.17, 15) is 0 Å². The molecule has 4 nitrogen and oxygen atoms in total. The molecule has 0 spiro atoms. The molecule has 15 heavy (non-hydrogen) atoms. The van der Waals surface area contributed by atoms with Gasteiger partial charge in [0.1, 0.15) is 5.82 Å². The summed E-state index contributed by atoms with van der Waals surface area (Å²) in [6.07, 6.45) is 7.61. The average Bonchev–Trinajstić information content (AvgIpc) is 2.56. The molecule has 0 saturated heterocycles. The van der Waals surface area contributed by atoms with E-state index in [-0.39, 0.29) is 0 Å². The van der Waals surface area contributed by atoms with E-state index in [0.717, 1.165) is 31.6 Å². The van der Waals surface area contributed by atoms with E-state index in [1.54, 1.807) is 7.11 Å². The van der Waals surface area contributed by atoms with Gasteiger partial charge in [0.25, 0.3) is 0 Å². The lowest BCUT2D eigenvalue weighted by Crippen LogP contribution is -2.45. The molecule has 1 N–H and O–H groups in total. The first-order chi connectivity index (χ1) is 7.29. The van der Waals surface area contributed by atoms with Gasteiger partial charge in [-0.25, -0.2) is 4.98 Å². The van der Waals surface area contributed by atoms with Crippen molar-refractivity contribution in [3.05, 3.63) is 18.2 Å². The van der Waals surface area contributed by atoms with Gasteiger partial charge < -0.3 is 14.6 Å². The monoisotopic (exact) mass is 209 g/mol. The van der Waals surface area contributed by atoms with Crippen molar-refractivity contribution in [3.63, 3.8) is 0 Å². The number of rotatable bonds is 5. The molecule has 1 aliphatic rings. The molecule has 0 radical (unpaired) electrons. The third kappa shape index (κ3) is 2.58. The molecule has 1 saturated carbocycles. The van der Waals surface area contributed by atoms with Crippen LogP contribution in [0.4, 0.5) is 0 Å². The topological polar surface area (TPSA) is 39.1 Å². The zero-order valence-electron chi connectivity index (χ0n) is 9.44. The molecule has 1 fully saturated rings. The second kappa shape index (κ2) is 4.77. The highest BCUT2D eigenvalue weighted by molar-refractivity contribution is 4.93. The van der Waals surface area contributed by atoms with Crippen LogP contribution in [-0.2, 0) is 18.2 Å². The zero-order valence-corrected chi connectivity index (χ0v) is 9.44. The van der Waals surface area contributed by atoms with Crippen LogP contribution in [0.25, 0.3) is 0 Å². The molecule has 0 aromatic carbocycles. The fourth-order valence-electron chi connectivity index (χ4n) is 1.95. The minimum absolute atomic E-state index is 0.482. The minimum atomic E-state index is 0.482. The number of ether oxygens (including phenoxy) is 1. The summed E-state index contributed by atoms with van der Waals surface area (Å²) in [5.74, 6) is 1.14. The number of aryl methyl sites for hydroxylation is 1. The van der Waals surface area contributed by atoms with Crippen LogP contribution in [-0.4, -0.2) is 35.4 Å². The van der Waals surface area contributed by atoms with Crippen molar-refractivity contribution in [2.75, 3.05) is 13.7 Å². The Morgan fingerprint density at radius 1 is 1.60 bits per heavy atom. The normalized spacial score (nSPS) is 25.2. The number of nitrogens with one attached hydrogen (secondary N) is 1. The van der Waals surface area contributed by atoms with Crippen molar-refractivity contribution in [2.24, 2.45) is 7.05 Å². The van der Waals surface area contributed by atoms with E-state index in [4.69, 9.17) is 4.74 Å². The van der Waals surface area contributed by atoms with E-state index in [0.29, 0.717) is 12.1 Å². The Hall–Kier alpha value is -0.870. The summed E-state index contributed by atoms with van der Waals surface area (Å²) in [5.41, 5.74) is 0. The highest BCUT2D eigenvalue weighted by Crippen LogP contribution is 2.22. The molecule has 1 heterocycles. The Morgan fingerprint density at radius 2 is 2.40 bits per heavy atom. The first-order valence-corrected chi connectivity index (χ1v) is 5.52. The fourth-order valence-corrected chi connectivity index (χ4v) is 1.95. The summed E-state index contributed by atoms with van der Waals surface area (Å²) >= 11 is 0. The lowest BCUT2D eigenvalue weighted by molar-refractivity contribution is 0.0176. The van der Waals surface area contributed by atoms with Crippen molar-refractivity contribution in [1.82, 2.24) is 14.9 Å². The van der Waals surface area contributed by atoms with E-state index in [2.05, 4.69) is 14.9 Å². The number of hydrogen-bond donors (Lipinski definition) is 1. The van der Waals surface area contributed by atoms with Crippen LogP contribution in [0.1, 0.15) is 18.7 Å². The summed E-state index contributed by atoms with van der Waals surface area (Å²) in [6, 6.07) is 0.648. The zero-order chi connectivity index (χ0) is 10.7. The smallest absolute Gasteiger partial charge is 0.109 e. The Bertz CT molecular complexity index is 305. The second-order valence-electron chi connectivity index (χ2n) is 4.18. The van der Waals surface area contributed by atoms with Crippen molar-refractivity contribution in [1.29, 1.82) is 0 Å². The molecule has 0 bridgehead atoms. The van der Waals surface area contributed by atoms with Gasteiger partial charge in [0.05, 0.1) is 6.10 Å². The summed E-state index contributed by atoms with van der Waals surface area (Å²) in [4.78, 5) is 4.29. The number of aromatic nitrogens is 2. The van der Waals surface area contributed by atoms with Gasteiger partial charge in [0.15, 0.2) is 0 Å². The van der Waals surface area contributed by atoms with Gasteiger partial charge >= 0.3 is 0 Å². The number of methoxy groups -OCH3 is 1. The van der Waals surface area contributed by atoms with Crippen molar-refractivity contribution in [3.8, 4) is 0 Å². The van der Waals surface area contributed by atoms with Gasteiger partial charge in [-0.15, -0.1) is 0 Å². The molecule has 1 aliphatic carbocycles. The molecule has 1 aromatic heterocycles. The van der Waals surface area contributed by atoms with Crippen molar-refractivity contribution in [2.45, 2.75) is 31.4 Å². The van der Waals surface area contributed by atoms with E-state index in [1.165, 1.54) is 0 Å². The van der Waals surface area contributed by atoms with Gasteiger partial charge in [-0.2, -0.15) is 0 Å². The van der Waals surface area contributed by atoms with Crippen LogP contribution in [0, 0.1) is 0 Å². The van der Waals surface area contributed by atoms with Gasteiger partial charge in [0.2, 0.25) is 0 Å². The third-order valence-electron chi connectivity index (χ3n) is 3.13. The standard InChI is InChI=1S/C11H19N3O/c1-14-6-5-13-11(14)3-4-12-9-7-10(8-9)15-2/h5-6,9-10,12H,3-4,7-8H2,1-2H3. The predicted molar refractivity (Wildman–Crippen MR) is 58.7 cm³/mol. The second-order valence-corrected chi connectivity index (χ2v) is 4.18. The Balaban J connectivity index is 1.62. The molecular weight excluding hydrogens is 190 g/mol. The lowest BCUT2D eigenvalue weighted by Gasteiger charge is -2.34. The summed E-state index contributed by atoms with van der Waals surface area (Å²) in [5, 5.41) is 3.52. The van der Waals surface area contributed by atoms with Crippen LogP contribution in [0.3, 0.4) is 0 Å². The van der Waals surface area contributed by atoms with E-state index < -0.39 is 0 Å². The molecule has 0 aliphatic heterocycles. The van der Waals surface area contributed by atoms with Gasteiger partial charge in [0, 0.05) is 45.6 Å². The highest BCUT2D eigenvalue weighted by Gasteiger charge is 2.27. The molecule has 84 valence electrons. The highest BCUT2D eigenvalue weighted by atomic mass is 16.5. The summed E-state index contributed by atoms with van der Waals surface area (Å²) in [6.45, 7) is 1.01. The summed E-state index contributed by atoms with van der Waals surface area (Å²) in [7, 11) is 3.82. The lowest BCUT2D eigenvalue weighted by atomic mass is 9.89. The first kappa shape index (κ1) is 10.6. The molecule has 0 atom stereocenters. The molecule has 2 rings (SSSR count). The molecule has 0 amide bonds. The molecule has 4 heteroatoms. The maximum atomic E-state index is 5.23. The molecule has 1 aromatic rings. The van der Waals surface area contributed by atoms with Gasteiger partial charge in [-0.1, -0.05) is 0 Å². The Labute approximate surface area is 90.6 Å². The Morgan fingerprint density at radius 3 is 3.00 bits per heavy atom. The van der Waals surface area contributed by atoms with Crippen molar-refractivity contribution < 1.29 is 4.74 Å². The largest absolute Gasteiger partial charge is 0.381 e. The minimum Gasteiger partial charge on any atom is -0.381 e. The fraction of sp³-hybridized carbons (Fsp3) is 0.727. The summed E-state index contributed by atoms with van der Waals surface area (Å²) < 4.78 is 7.30. The number of imidazole rings is 1. The van der Waals surface area contributed by atoms with E-state index >= 15 is 0 Å². The van der Waals surface area contributed by atoms with E-state index in [1.807, 2.05) is 19.4 Å². The van der Waals surface area contributed by atoms with Crippen molar-refractivity contribution >= 4 is 0 Å². The maximum absolute atomic E-state index is 5.23. The number of nitrogens with zero attached hydrogens (tertiary/aromatic N) is 2. The van der Waals surface area contributed by atoms with Crippen LogP contribution in [0.5, 0.6) is 0 Å². The van der Waals surface area contributed by atoms with Gasteiger partial charge in [-0.3, -0.25) is 0 Å². The SMILES string of the molecule is COC1CC(NCCc2nccn2C)C1. The molecular formula is C11H19N3O. The van der Waals surface area contributed by atoms with Crippen LogP contribution in [0.2, 0.25) is 0 Å².